The largest absolute Gasteiger partial charge is 0.330 e. The van der Waals surface area contributed by atoms with Gasteiger partial charge in [0.1, 0.15) is 0 Å². The summed E-state index contributed by atoms with van der Waals surface area (Å²) in [6.45, 7) is 0.664. The first-order valence-electron chi connectivity index (χ1n) is 5.26. The van der Waals surface area contributed by atoms with Crippen molar-refractivity contribution in [1.82, 2.24) is 0 Å². The summed E-state index contributed by atoms with van der Waals surface area (Å²) in [6.07, 6.45) is 1.00. The first-order chi connectivity index (χ1) is 7.79. The van der Waals surface area contributed by atoms with Crippen LogP contribution in [0.2, 0.25) is 5.02 Å². The zero-order valence-electron chi connectivity index (χ0n) is 8.90. The molecule has 0 aliphatic heterocycles. The van der Waals surface area contributed by atoms with Gasteiger partial charge in [-0.1, -0.05) is 23.7 Å². The maximum Gasteiger partial charge on any atom is 0.0406 e. The van der Waals surface area contributed by atoms with Crippen molar-refractivity contribution >= 4 is 22.9 Å². The van der Waals surface area contributed by atoms with Crippen LogP contribution < -0.4 is 5.73 Å². The molecule has 2 N–H and O–H groups in total. The number of benzene rings is 1. The van der Waals surface area contributed by atoms with E-state index in [9.17, 15) is 0 Å². The molecule has 0 amide bonds. The van der Waals surface area contributed by atoms with Gasteiger partial charge in [0.05, 0.1) is 0 Å². The highest BCUT2D eigenvalue weighted by Crippen LogP contribution is 2.22. The zero-order chi connectivity index (χ0) is 11.4. The average molecular weight is 252 g/mol. The standard InChI is InChI=1S/C13H14ClNS/c14-13-3-1-11(2-4-13)12(8-15)7-10-5-6-16-9-10/h1-6,9,12H,7-8,15H2. The van der Waals surface area contributed by atoms with Crippen LogP contribution in [0.5, 0.6) is 0 Å². The first-order valence-corrected chi connectivity index (χ1v) is 6.58. The molecule has 0 saturated heterocycles. The predicted molar refractivity (Wildman–Crippen MR) is 71.3 cm³/mol. The maximum atomic E-state index is 5.87. The second kappa shape index (κ2) is 5.48. The lowest BCUT2D eigenvalue weighted by Crippen LogP contribution is -2.14. The number of halogens is 1. The van der Waals surface area contributed by atoms with Crippen LogP contribution in [0.4, 0.5) is 0 Å². The summed E-state index contributed by atoms with van der Waals surface area (Å²) in [6, 6.07) is 10.1. The lowest BCUT2D eigenvalue weighted by atomic mass is 9.93. The van der Waals surface area contributed by atoms with Crippen molar-refractivity contribution in [2.45, 2.75) is 12.3 Å². The van der Waals surface area contributed by atoms with Crippen LogP contribution in [0.3, 0.4) is 0 Å². The van der Waals surface area contributed by atoms with E-state index in [1.165, 1.54) is 11.1 Å². The molecule has 1 aromatic carbocycles. The van der Waals surface area contributed by atoms with E-state index in [4.69, 9.17) is 17.3 Å². The summed E-state index contributed by atoms with van der Waals surface area (Å²) in [5.41, 5.74) is 8.45. The Morgan fingerprint density at radius 2 is 1.94 bits per heavy atom. The van der Waals surface area contributed by atoms with Gasteiger partial charge >= 0.3 is 0 Å². The van der Waals surface area contributed by atoms with Crippen LogP contribution in [0.1, 0.15) is 17.0 Å². The SMILES string of the molecule is NCC(Cc1ccsc1)c1ccc(Cl)cc1. The predicted octanol–water partition coefficient (Wildman–Crippen LogP) is 3.69. The normalized spacial score (nSPS) is 12.6. The smallest absolute Gasteiger partial charge is 0.0406 e. The van der Waals surface area contributed by atoms with Gasteiger partial charge in [-0.05, 0) is 53.1 Å². The Labute approximate surface area is 105 Å². The average Bonchev–Trinajstić information content (AvgIpc) is 2.80. The molecule has 0 fully saturated rings. The van der Waals surface area contributed by atoms with Crippen molar-refractivity contribution in [3.63, 3.8) is 0 Å². The molecule has 3 heteroatoms. The van der Waals surface area contributed by atoms with Crippen molar-refractivity contribution < 1.29 is 0 Å². The van der Waals surface area contributed by atoms with E-state index in [0.29, 0.717) is 12.5 Å². The van der Waals surface area contributed by atoms with Crippen LogP contribution in [0, 0.1) is 0 Å². The van der Waals surface area contributed by atoms with Gasteiger partial charge in [0.15, 0.2) is 0 Å². The van der Waals surface area contributed by atoms with Gasteiger partial charge in [0.2, 0.25) is 0 Å². The molecule has 0 aliphatic carbocycles. The second-order valence-electron chi connectivity index (χ2n) is 3.82. The van der Waals surface area contributed by atoms with Gasteiger partial charge in [-0.2, -0.15) is 11.3 Å². The fourth-order valence-corrected chi connectivity index (χ4v) is 2.57. The Hall–Kier alpha value is -0.830. The summed E-state index contributed by atoms with van der Waals surface area (Å²) in [4.78, 5) is 0. The number of thiophene rings is 1. The van der Waals surface area contributed by atoms with Crippen LogP contribution in [-0.2, 0) is 6.42 Å². The molecule has 0 aliphatic rings. The van der Waals surface area contributed by atoms with Gasteiger partial charge in [-0.25, -0.2) is 0 Å². The number of nitrogens with two attached hydrogens (primary N) is 1. The third kappa shape index (κ3) is 2.85. The molecule has 0 saturated carbocycles. The van der Waals surface area contributed by atoms with Gasteiger partial charge in [-0.3, -0.25) is 0 Å². The number of hydrogen-bond donors (Lipinski definition) is 1. The Morgan fingerprint density at radius 3 is 2.50 bits per heavy atom. The highest BCUT2D eigenvalue weighted by molar-refractivity contribution is 7.07. The van der Waals surface area contributed by atoms with Gasteiger partial charge in [0.25, 0.3) is 0 Å². The topological polar surface area (TPSA) is 26.0 Å². The quantitative estimate of drug-likeness (QED) is 0.881. The molecule has 2 rings (SSSR count). The monoisotopic (exact) mass is 251 g/mol. The van der Waals surface area contributed by atoms with E-state index in [-0.39, 0.29) is 0 Å². The number of hydrogen-bond acceptors (Lipinski definition) is 2. The zero-order valence-corrected chi connectivity index (χ0v) is 10.5. The Bertz CT molecular complexity index is 422. The number of rotatable bonds is 4. The molecule has 84 valence electrons. The van der Waals surface area contributed by atoms with Gasteiger partial charge in [0, 0.05) is 10.9 Å². The summed E-state index contributed by atoms with van der Waals surface area (Å²) in [5.74, 6) is 0.381. The lowest BCUT2D eigenvalue weighted by Gasteiger charge is -2.14. The fourth-order valence-electron chi connectivity index (χ4n) is 1.77. The van der Waals surface area contributed by atoms with Crippen molar-refractivity contribution in [3.8, 4) is 0 Å². The molecule has 1 aromatic heterocycles. The molecule has 0 spiro atoms. The van der Waals surface area contributed by atoms with Crippen LogP contribution in [-0.4, -0.2) is 6.54 Å². The summed E-state index contributed by atoms with van der Waals surface area (Å²) >= 11 is 7.60. The van der Waals surface area contributed by atoms with E-state index in [1.807, 2.05) is 12.1 Å². The molecule has 0 bridgehead atoms. The molecular weight excluding hydrogens is 238 g/mol. The van der Waals surface area contributed by atoms with E-state index in [1.54, 1.807) is 11.3 Å². The molecular formula is C13H14ClNS. The molecule has 1 nitrogen and oxygen atoms in total. The van der Waals surface area contributed by atoms with E-state index >= 15 is 0 Å². The molecule has 2 aromatic rings. The fraction of sp³-hybridized carbons (Fsp3) is 0.231. The van der Waals surface area contributed by atoms with E-state index in [2.05, 4.69) is 29.0 Å². The van der Waals surface area contributed by atoms with Gasteiger partial charge in [-0.15, -0.1) is 0 Å². The molecule has 16 heavy (non-hydrogen) atoms. The third-order valence-electron chi connectivity index (χ3n) is 2.69. The third-order valence-corrected chi connectivity index (χ3v) is 3.67. The second-order valence-corrected chi connectivity index (χ2v) is 5.04. The van der Waals surface area contributed by atoms with Crippen LogP contribution in [0.25, 0.3) is 0 Å². The Balaban J connectivity index is 2.13. The maximum absolute atomic E-state index is 5.87. The van der Waals surface area contributed by atoms with Crippen molar-refractivity contribution in [2.24, 2.45) is 5.73 Å². The summed E-state index contributed by atoms with van der Waals surface area (Å²) < 4.78 is 0. The van der Waals surface area contributed by atoms with E-state index < -0.39 is 0 Å². The van der Waals surface area contributed by atoms with Crippen molar-refractivity contribution in [1.29, 1.82) is 0 Å². The van der Waals surface area contributed by atoms with Crippen molar-refractivity contribution in [2.75, 3.05) is 6.54 Å². The Morgan fingerprint density at radius 1 is 1.19 bits per heavy atom. The summed E-state index contributed by atoms with van der Waals surface area (Å²) in [7, 11) is 0. The minimum Gasteiger partial charge on any atom is -0.330 e. The molecule has 1 atom stereocenters. The van der Waals surface area contributed by atoms with E-state index in [0.717, 1.165) is 11.4 Å². The minimum absolute atomic E-state index is 0.381. The summed E-state index contributed by atoms with van der Waals surface area (Å²) in [5, 5.41) is 5.05. The highest BCUT2D eigenvalue weighted by Gasteiger charge is 2.10. The Kier molecular flexibility index (Phi) is 3.99. The molecule has 1 unspecified atom stereocenters. The lowest BCUT2D eigenvalue weighted by molar-refractivity contribution is 0.696. The van der Waals surface area contributed by atoms with Gasteiger partial charge < -0.3 is 5.73 Å². The highest BCUT2D eigenvalue weighted by atomic mass is 35.5. The molecule has 0 radical (unpaired) electrons. The van der Waals surface area contributed by atoms with Crippen LogP contribution in [0.15, 0.2) is 41.1 Å². The minimum atomic E-state index is 0.381. The molecule has 1 heterocycles. The first kappa shape index (κ1) is 11.6. The van der Waals surface area contributed by atoms with Crippen molar-refractivity contribution in [3.05, 3.63) is 57.2 Å². The van der Waals surface area contributed by atoms with Crippen LogP contribution >= 0.6 is 22.9 Å².